The smallest absolute Gasteiger partial charge is 0.0192 e. The Hall–Kier alpha value is -0.0800. The molecule has 0 bridgehead atoms. The second kappa shape index (κ2) is 5.72. The third-order valence-electron chi connectivity index (χ3n) is 3.75. The highest BCUT2D eigenvalue weighted by Gasteiger charge is 2.21. The molecule has 1 fully saturated rings. The molecule has 0 aromatic carbocycles. The highest BCUT2D eigenvalue weighted by molar-refractivity contribution is 4.83. The number of piperidine rings is 1. The summed E-state index contributed by atoms with van der Waals surface area (Å²) in [4.78, 5) is 0. The van der Waals surface area contributed by atoms with Gasteiger partial charge in [-0.15, -0.1) is 0 Å². The molecular formula is C12H26N2. The third-order valence-corrected chi connectivity index (χ3v) is 3.75. The Bertz CT molecular complexity index is 146. The van der Waals surface area contributed by atoms with Crippen LogP contribution in [0.5, 0.6) is 0 Å². The molecule has 84 valence electrons. The van der Waals surface area contributed by atoms with Crippen molar-refractivity contribution < 1.29 is 0 Å². The molecular weight excluding hydrogens is 172 g/mol. The number of hydrogen-bond donors (Lipinski definition) is 2. The van der Waals surface area contributed by atoms with Gasteiger partial charge in [-0.2, -0.15) is 0 Å². The molecule has 0 aromatic heterocycles. The van der Waals surface area contributed by atoms with Gasteiger partial charge in [-0.1, -0.05) is 20.3 Å². The fourth-order valence-corrected chi connectivity index (χ4v) is 1.97. The van der Waals surface area contributed by atoms with Crippen molar-refractivity contribution in [1.82, 2.24) is 10.6 Å². The van der Waals surface area contributed by atoms with Gasteiger partial charge in [-0.3, -0.25) is 0 Å². The summed E-state index contributed by atoms with van der Waals surface area (Å²) in [5.74, 6) is 0. The summed E-state index contributed by atoms with van der Waals surface area (Å²) in [5, 5.41) is 7.28. The van der Waals surface area contributed by atoms with E-state index in [-0.39, 0.29) is 0 Å². The monoisotopic (exact) mass is 198 g/mol. The molecule has 14 heavy (non-hydrogen) atoms. The van der Waals surface area contributed by atoms with E-state index < -0.39 is 0 Å². The van der Waals surface area contributed by atoms with Crippen LogP contribution in [0.25, 0.3) is 0 Å². The van der Waals surface area contributed by atoms with Crippen LogP contribution < -0.4 is 10.6 Å². The van der Waals surface area contributed by atoms with Gasteiger partial charge in [-0.25, -0.2) is 0 Å². The van der Waals surface area contributed by atoms with Crippen LogP contribution >= 0.6 is 0 Å². The van der Waals surface area contributed by atoms with Gasteiger partial charge in [0, 0.05) is 18.1 Å². The Morgan fingerprint density at radius 1 is 1.29 bits per heavy atom. The van der Waals surface area contributed by atoms with E-state index in [4.69, 9.17) is 0 Å². The molecule has 2 N–H and O–H groups in total. The lowest BCUT2D eigenvalue weighted by molar-refractivity contribution is 0.291. The SMILES string of the molecule is CCC(C)(CC)NCC1CCCCN1. The topological polar surface area (TPSA) is 24.1 Å². The highest BCUT2D eigenvalue weighted by Crippen LogP contribution is 2.14. The Morgan fingerprint density at radius 3 is 2.50 bits per heavy atom. The van der Waals surface area contributed by atoms with E-state index in [9.17, 15) is 0 Å². The van der Waals surface area contributed by atoms with Crippen molar-refractivity contribution in [1.29, 1.82) is 0 Å². The molecule has 0 saturated carbocycles. The highest BCUT2D eigenvalue weighted by atomic mass is 15.0. The van der Waals surface area contributed by atoms with Crippen LogP contribution in [0.4, 0.5) is 0 Å². The minimum absolute atomic E-state index is 0.346. The van der Waals surface area contributed by atoms with E-state index in [1.165, 1.54) is 38.6 Å². The first-order valence-corrected chi connectivity index (χ1v) is 6.18. The van der Waals surface area contributed by atoms with Crippen LogP contribution in [0.2, 0.25) is 0 Å². The average Bonchev–Trinajstić information content (AvgIpc) is 2.27. The molecule has 0 aromatic rings. The van der Waals surface area contributed by atoms with Crippen molar-refractivity contribution in [3.8, 4) is 0 Å². The van der Waals surface area contributed by atoms with Gasteiger partial charge < -0.3 is 10.6 Å². The lowest BCUT2D eigenvalue weighted by Gasteiger charge is -2.32. The summed E-state index contributed by atoms with van der Waals surface area (Å²) in [6.45, 7) is 9.21. The van der Waals surface area contributed by atoms with E-state index in [0.717, 1.165) is 6.54 Å². The maximum absolute atomic E-state index is 3.70. The van der Waals surface area contributed by atoms with Gasteiger partial charge in [0.2, 0.25) is 0 Å². The van der Waals surface area contributed by atoms with Gasteiger partial charge in [0.1, 0.15) is 0 Å². The standard InChI is InChI=1S/C12H26N2/c1-4-12(3,5-2)14-10-11-8-6-7-9-13-11/h11,13-14H,4-10H2,1-3H3. The first-order chi connectivity index (χ1) is 6.70. The van der Waals surface area contributed by atoms with E-state index >= 15 is 0 Å². The minimum atomic E-state index is 0.346. The predicted molar refractivity (Wildman–Crippen MR) is 62.6 cm³/mol. The molecule has 2 heteroatoms. The third kappa shape index (κ3) is 3.58. The number of hydrogen-bond acceptors (Lipinski definition) is 2. The number of rotatable bonds is 5. The molecule has 1 saturated heterocycles. The molecule has 2 nitrogen and oxygen atoms in total. The molecule has 1 aliphatic rings. The lowest BCUT2D eigenvalue weighted by Crippen LogP contribution is -2.49. The Balaban J connectivity index is 2.23. The average molecular weight is 198 g/mol. The maximum atomic E-state index is 3.70. The summed E-state index contributed by atoms with van der Waals surface area (Å²) in [6.07, 6.45) is 6.53. The van der Waals surface area contributed by atoms with Crippen LogP contribution in [0.1, 0.15) is 52.9 Å². The van der Waals surface area contributed by atoms with Gasteiger partial charge in [0.05, 0.1) is 0 Å². The Morgan fingerprint density at radius 2 is 2.00 bits per heavy atom. The Kier molecular flexibility index (Phi) is 4.90. The fraction of sp³-hybridized carbons (Fsp3) is 1.00. The first-order valence-electron chi connectivity index (χ1n) is 6.18. The molecule has 1 aliphatic heterocycles. The first kappa shape index (κ1) is 12.0. The van der Waals surface area contributed by atoms with E-state index in [1.54, 1.807) is 0 Å². The summed E-state index contributed by atoms with van der Waals surface area (Å²) >= 11 is 0. The summed E-state index contributed by atoms with van der Waals surface area (Å²) < 4.78 is 0. The van der Waals surface area contributed by atoms with Crippen molar-refractivity contribution in [2.75, 3.05) is 13.1 Å². The van der Waals surface area contributed by atoms with E-state index in [0.29, 0.717) is 11.6 Å². The lowest BCUT2D eigenvalue weighted by atomic mass is 9.94. The van der Waals surface area contributed by atoms with Crippen LogP contribution in [0.3, 0.4) is 0 Å². The van der Waals surface area contributed by atoms with Crippen LogP contribution in [-0.2, 0) is 0 Å². The zero-order chi connectivity index (χ0) is 10.4. The van der Waals surface area contributed by atoms with Crippen molar-refractivity contribution in [3.05, 3.63) is 0 Å². The van der Waals surface area contributed by atoms with Gasteiger partial charge in [-0.05, 0) is 39.2 Å². The zero-order valence-corrected chi connectivity index (χ0v) is 10.0. The molecule has 0 radical (unpaired) electrons. The van der Waals surface area contributed by atoms with Crippen molar-refractivity contribution in [2.45, 2.75) is 64.5 Å². The summed E-state index contributed by atoms with van der Waals surface area (Å²) in [6, 6.07) is 0.709. The molecule has 1 rings (SSSR count). The largest absolute Gasteiger partial charge is 0.313 e. The second-order valence-corrected chi connectivity index (χ2v) is 4.80. The summed E-state index contributed by atoms with van der Waals surface area (Å²) in [7, 11) is 0. The quantitative estimate of drug-likeness (QED) is 0.708. The molecule has 0 aliphatic carbocycles. The molecule has 1 heterocycles. The zero-order valence-electron chi connectivity index (χ0n) is 10.0. The van der Waals surface area contributed by atoms with Gasteiger partial charge in [0.25, 0.3) is 0 Å². The van der Waals surface area contributed by atoms with Gasteiger partial charge in [0.15, 0.2) is 0 Å². The van der Waals surface area contributed by atoms with E-state index in [2.05, 4.69) is 31.4 Å². The second-order valence-electron chi connectivity index (χ2n) is 4.80. The molecule has 0 amide bonds. The van der Waals surface area contributed by atoms with Gasteiger partial charge >= 0.3 is 0 Å². The van der Waals surface area contributed by atoms with Crippen LogP contribution in [0, 0.1) is 0 Å². The molecule has 0 spiro atoms. The maximum Gasteiger partial charge on any atom is 0.0192 e. The van der Waals surface area contributed by atoms with Crippen molar-refractivity contribution >= 4 is 0 Å². The Labute approximate surface area is 88.8 Å². The number of nitrogens with one attached hydrogen (secondary N) is 2. The minimum Gasteiger partial charge on any atom is -0.313 e. The molecule has 1 atom stereocenters. The van der Waals surface area contributed by atoms with Crippen molar-refractivity contribution in [3.63, 3.8) is 0 Å². The van der Waals surface area contributed by atoms with Crippen LogP contribution in [0.15, 0.2) is 0 Å². The van der Waals surface area contributed by atoms with Crippen molar-refractivity contribution in [2.24, 2.45) is 0 Å². The molecule has 1 unspecified atom stereocenters. The fourth-order valence-electron chi connectivity index (χ4n) is 1.97. The van der Waals surface area contributed by atoms with Crippen LogP contribution in [-0.4, -0.2) is 24.7 Å². The predicted octanol–water partition coefficient (Wildman–Crippen LogP) is 2.30. The summed E-state index contributed by atoms with van der Waals surface area (Å²) in [5.41, 5.74) is 0.346. The van der Waals surface area contributed by atoms with E-state index in [1.807, 2.05) is 0 Å². The normalized spacial score (nSPS) is 23.8.